The van der Waals surface area contributed by atoms with Crippen LogP contribution in [0.3, 0.4) is 0 Å². The van der Waals surface area contributed by atoms with Crippen molar-refractivity contribution in [3.63, 3.8) is 0 Å². The monoisotopic (exact) mass is 307 g/mol. The Morgan fingerprint density at radius 2 is 2.15 bits per heavy atom. The van der Waals surface area contributed by atoms with Crippen molar-refractivity contribution < 1.29 is 18.5 Å². The van der Waals surface area contributed by atoms with Gasteiger partial charge in [0.15, 0.2) is 0 Å². The number of benzene rings is 1. The highest BCUT2D eigenvalue weighted by atomic mass is 35.5. The molecule has 0 fully saturated rings. The molecular formula is C11H12ClF2N3O3. The number of hydrogen-bond acceptors (Lipinski definition) is 4. The zero-order valence-corrected chi connectivity index (χ0v) is 11.2. The summed E-state index contributed by atoms with van der Waals surface area (Å²) in [5.41, 5.74) is -0.449. The smallest absolute Gasteiger partial charge is 0.294 e. The molecule has 0 radical (unpaired) electrons. The standard InChI is InChI=1S/C11H12ClF2N3O3/c1-2-15-10-7(12)3-6(4-8(10)17(19)20)11(18)16-5-9(13)14/h3-4,9,15H,2,5H2,1H3,(H,16,18). The second-order valence-electron chi connectivity index (χ2n) is 3.74. The average Bonchev–Trinajstić information content (AvgIpc) is 2.37. The second-order valence-corrected chi connectivity index (χ2v) is 4.15. The molecule has 6 nitrogen and oxygen atoms in total. The number of carbonyl (C=O) groups excluding carboxylic acids is 1. The number of nitro groups is 1. The van der Waals surface area contributed by atoms with Gasteiger partial charge in [0, 0.05) is 18.2 Å². The third kappa shape index (κ3) is 4.02. The maximum absolute atomic E-state index is 12.0. The van der Waals surface area contributed by atoms with Crippen LogP contribution in [0.25, 0.3) is 0 Å². The zero-order chi connectivity index (χ0) is 15.3. The van der Waals surface area contributed by atoms with E-state index in [0.29, 0.717) is 6.54 Å². The number of nitro benzene ring substituents is 1. The maximum atomic E-state index is 12.0. The van der Waals surface area contributed by atoms with E-state index < -0.39 is 23.8 Å². The fourth-order valence-electron chi connectivity index (χ4n) is 1.49. The summed E-state index contributed by atoms with van der Waals surface area (Å²) in [5, 5.41) is 15.6. The van der Waals surface area contributed by atoms with E-state index in [1.165, 1.54) is 6.07 Å². The summed E-state index contributed by atoms with van der Waals surface area (Å²) in [5.74, 6) is -0.849. The van der Waals surface area contributed by atoms with E-state index in [1.54, 1.807) is 6.92 Å². The lowest BCUT2D eigenvalue weighted by molar-refractivity contribution is -0.384. The number of anilines is 1. The number of alkyl halides is 2. The Bertz CT molecular complexity index is 526. The molecule has 1 aromatic carbocycles. The fourth-order valence-corrected chi connectivity index (χ4v) is 1.77. The maximum Gasteiger partial charge on any atom is 0.294 e. The minimum absolute atomic E-state index is 0.0248. The molecule has 0 bridgehead atoms. The molecule has 9 heteroatoms. The lowest BCUT2D eigenvalue weighted by atomic mass is 10.1. The van der Waals surface area contributed by atoms with Gasteiger partial charge in [-0.1, -0.05) is 11.6 Å². The zero-order valence-electron chi connectivity index (χ0n) is 10.5. The Kier molecular flexibility index (Phi) is 5.63. The number of carbonyl (C=O) groups is 1. The van der Waals surface area contributed by atoms with Crippen LogP contribution in [-0.4, -0.2) is 30.3 Å². The highest BCUT2D eigenvalue weighted by Gasteiger charge is 2.21. The SMILES string of the molecule is CCNc1c(Cl)cc(C(=O)NCC(F)F)cc1[N+](=O)[O-]. The summed E-state index contributed by atoms with van der Waals surface area (Å²) in [4.78, 5) is 21.8. The molecular weight excluding hydrogens is 296 g/mol. The van der Waals surface area contributed by atoms with Gasteiger partial charge in [0.1, 0.15) is 5.69 Å². The minimum atomic E-state index is -2.70. The van der Waals surface area contributed by atoms with Crippen molar-refractivity contribution in [2.45, 2.75) is 13.3 Å². The molecule has 1 rings (SSSR count). The largest absolute Gasteiger partial charge is 0.379 e. The quantitative estimate of drug-likeness (QED) is 0.625. The number of nitrogens with one attached hydrogen (secondary N) is 2. The van der Waals surface area contributed by atoms with Gasteiger partial charge in [-0.3, -0.25) is 14.9 Å². The van der Waals surface area contributed by atoms with Gasteiger partial charge in [0.2, 0.25) is 0 Å². The first-order chi connectivity index (χ1) is 9.36. The van der Waals surface area contributed by atoms with Crippen LogP contribution in [-0.2, 0) is 0 Å². The van der Waals surface area contributed by atoms with Gasteiger partial charge < -0.3 is 10.6 Å². The van der Waals surface area contributed by atoms with Crippen molar-refractivity contribution in [3.05, 3.63) is 32.8 Å². The minimum Gasteiger partial charge on any atom is -0.379 e. The van der Waals surface area contributed by atoms with E-state index in [-0.39, 0.29) is 22.0 Å². The van der Waals surface area contributed by atoms with Crippen molar-refractivity contribution >= 4 is 28.9 Å². The number of hydrogen-bond donors (Lipinski definition) is 2. The molecule has 0 unspecified atom stereocenters. The third-order valence-corrected chi connectivity index (χ3v) is 2.60. The van der Waals surface area contributed by atoms with Crippen molar-refractivity contribution in [2.75, 3.05) is 18.4 Å². The molecule has 1 aromatic rings. The first-order valence-electron chi connectivity index (χ1n) is 5.65. The van der Waals surface area contributed by atoms with Crippen LogP contribution in [0.2, 0.25) is 5.02 Å². The molecule has 1 amide bonds. The Labute approximate surface area is 118 Å². The molecule has 0 aromatic heterocycles. The van der Waals surface area contributed by atoms with Crippen LogP contribution in [0.15, 0.2) is 12.1 Å². The number of rotatable bonds is 6. The molecule has 0 atom stereocenters. The van der Waals surface area contributed by atoms with E-state index in [2.05, 4.69) is 5.32 Å². The van der Waals surface area contributed by atoms with E-state index >= 15 is 0 Å². The number of nitrogens with zero attached hydrogens (tertiary/aromatic N) is 1. The lowest BCUT2D eigenvalue weighted by Crippen LogP contribution is -2.28. The van der Waals surface area contributed by atoms with Gasteiger partial charge >= 0.3 is 0 Å². The van der Waals surface area contributed by atoms with Crippen molar-refractivity contribution in [1.82, 2.24) is 5.32 Å². The Morgan fingerprint density at radius 1 is 1.50 bits per heavy atom. The van der Waals surface area contributed by atoms with Crippen molar-refractivity contribution in [1.29, 1.82) is 0 Å². The van der Waals surface area contributed by atoms with Crippen LogP contribution in [0, 0.1) is 10.1 Å². The summed E-state index contributed by atoms with van der Waals surface area (Å²) in [7, 11) is 0. The molecule has 0 aliphatic carbocycles. The highest BCUT2D eigenvalue weighted by molar-refractivity contribution is 6.34. The van der Waals surface area contributed by atoms with Crippen LogP contribution in [0.4, 0.5) is 20.2 Å². The number of halogens is 3. The van der Waals surface area contributed by atoms with Crippen molar-refractivity contribution in [2.24, 2.45) is 0 Å². The van der Waals surface area contributed by atoms with Gasteiger partial charge in [-0.2, -0.15) is 0 Å². The first kappa shape index (κ1) is 16.1. The lowest BCUT2D eigenvalue weighted by Gasteiger charge is -2.10. The molecule has 2 N–H and O–H groups in total. The fraction of sp³-hybridized carbons (Fsp3) is 0.364. The molecule has 0 aliphatic heterocycles. The molecule has 0 saturated carbocycles. The van der Waals surface area contributed by atoms with Crippen molar-refractivity contribution in [3.8, 4) is 0 Å². The topological polar surface area (TPSA) is 84.3 Å². The number of amides is 1. The molecule has 20 heavy (non-hydrogen) atoms. The molecule has 0 heterocycles. The van der Waals surface area contributed by atoms with Gasteiger partial charge in [-0.15, -0.1) is 0 Å². The third-order valence-electron chi connectivity index (χ3n) is 2.30. The second kappa shape index (κ2) is 6.99. The summed E-state index contributed by atoms with van der Waals surface area (Å²) in [6.07, 6.45) is -2.70. The van der Waals surface area contributed by atoms with Crippen LogP contribution >= 0.6 is 11.6 Å². The molecule has 0 aliphatic rings. The first-order valence-corrected chi connectivity index (χ1v) is 6.02. The normalized spacial score (nSPS) is 10.4. The Morgan fingerprint density at radius 3 is 2.65 bits per heavy atom. The van der Waals surface area contributed by atoms with E-state index in [9.17, 15) is 23.7 Å². The van der Waals surface area contributed by atoms with Crippen LogP contribution in [0.5, 0.6) is 0 Å². The predicted molar refractivity (Wildman–Crippen MR) is 70.6 cm³/mol. The molecule has 0 spiro atoms. The van der Waals surface area contributed by atoms with E-state index in [1.807, 2.05) is 5.32 Å². The van der Waals surface area contributed by atoms with Gasteiger partial charge in [-0.25, -0.2) is 8.78 Å². The highest BCUT2D eigenvalue weighted by Crippen LogP contribution is 2.33. The van der Waals surface area contributed by atoms with Gasteiger partial charge in [-0.05, 0) is 13.0 Å². The van der Waals surface area contributed by atoms with Gasteiger partial charge in [0.25, 0.3) is 18.0 Å². The summed E-state index contributed by atoms with van der Waals surface area (Å²) in [6.45, 7) is 1.29. The Hall–Kier alpha value is -1.96. The van der Waals surface area contributed by atoms with Gasteiger partial charge in [0.05, 0.1) is 16.5 Å². The summed E-state index contributed by atoms with van der Waals surface area (Å²) >= 11 is 5.87. The van der Waals surface area contributed by atoms with E-state index in [4.69, 9.17) is 11.6 Å². The average molecular weight is 308 g/mol. The predicted octanol–water partition coefficient (Wildman–Crippen LogP) is 2.67. The summed E-state index contributed by atoms with van der Waals surface area (Å²) in [6, 6.07) is 2.18. The Balaban J connectivity index is 3.11. The van der Waals surface area contributed by atoms with E-state index in [0.717, 1.165) is 6.07 Å². The molecule has 0 saturated heterocycles. The van der Waals surface area contributed by atoms with Crippen LogP contribution < -0.4 is 10.6 Å². The molecule has 110 valence electrons. The van der Waals surface area contributed by atoms with Crippen LogP contribution in [0.1, 0.15) is 17.3 Å². The summed E-state index contributed by atoms with van der Waals surface area (Å²) < 4.78 is 24.0.